The van der Waals surface area contributed by atoms with Crippen LogP contribution in [0.1, 0.15) is 6.42 Å². The molecule has 0 saturated heterocycles. The summed E-state index contributed by atoms with van der Waals surface area (Å²) in [4.78, 5) is 21.5. The number of carbonyl (C=O) groups excluding carboxylic acids is 1. The van der Waals surface area contributed by atoms with Gasteiger partial charge in [-0.1, -0.05) is 6.07 Å². The van der Waals surface area contributed by atoms with Crippen LogP contribution in [0.2, 0.25) is 0 Å². The van der Waals surface area contributed by atoms with Crippen LogP contribution in [-0.2, 0) is 4.79 Å². The first kappa shape index (κ1) is 13.3. The summed E-state index contributed by atoms with van der Waals surface area (Å²) in [5.41, 5.74) is -0.467. The van der Waals surface area contributed by atoms with Crippen LogP contribution in [0.15, 0.2) is 18.2 Å². The standard InChI is InChI=1S/C10H12N2O4S/c1-17-6-5-9(14)11-10-7(12(15)16)3-2-4-8(10)13/h2-4,13H,5-6H2,1H3,(H,11,14). The molecule has 0 aromatic heterocycles. The van der Waals surface area contributed by atoms with Gasteiger partial charge < -0.3 is 10.4 Å². The Hall–Kier alpha value is -1.76. The number of carbonyl (C=O) groups is 1. The number of rotatable bonds is 5. The number of nitro benzene ring substituents is 1. The minimum atomic E-state index is -0.649. The van der Waals surface area contributed by atoms with Gasteiger partial charge in [0.25, 0.3) is 5.69 Å². The second-order valence-electron chi connectivity index (χ2n) is 3.22. The molecule has 2 N–H and O–H groups in total. The van der Waals surface area contributed by atoms with Crippen LogP contribution in [0.5, 0.6) is 5.75 Å². The molecule has 6 nitrogen and oxygen atoms in total. The van der Waals surface area contributed by atoms with Crippen molar-refractivity contribution in [1.82, 2.24) is 0 Å². The molecule has 0 spiro atoms. The molecule has 0 aliphatic heterocycles. The molecular formula is C10H12N2O4S. The van der Waals surface area contributed by atoms with E-state index in [-0.39, 0.29) is 29.5 Å². The number of aromatic hydroxyl groups is 1. The van der Waals surface area contributed by atoms with E-state index in [0.29, 0.717) is 5.75 Å². The van der Waals surface area contributed by atoms with Gasteiger partial charge in [-0.3, -0.25) is 14.9 Å². The second kappa shape index (κ2) is 6.09. The molecule has 1 rings (SSSR count). The molecule has 0 aliphatic rings. The van der Waals surface area contributed by atoms with Gasteiger partial charge in [0, 0.05) is 18.2 Å². The van der Waals surface area contributed by atoms with Crippen molar-refractivity contribution in [2.24, 2.45) is 0 Å². The maximum absolute atomic E-state index is 11.4. The van der Waals surface area contributed by atoms with Crippen molar-refractivity contribution in [2.45, 2.75) is 6.42 Å². The number of benzene rings is 1. The van der Waals surface area contributed by atoms with Crippen molar-refractivity contribution in [3.63, 3.8) is 0 Å². The van der Waals surface area contributed by atoms with E-state index in [1.54, 1.807) is 0 Å². The predicted octanol–water partition coefficient (Wildman–Crippen LogP) is 1.99. The Bertz CT molecular complexity index is 436. The van der Waals surface area contributed by atoms with Crippen molar-refractivity contribution in [3.8, 4) is 5.75 Å². The molecule has 1 aromatic carbocycles. The average Bonchev–Trinajstić information content (AvgIpc) is 2.28. The average molecular weight is 256 g/mol. The van der Waals surface area contributed by atoms with Crippen LogP contribution >= 0.6 is 11.8 Å². The molecule has 17 heavy (non-hydrogen) atoms. The van der Waals surface area contributed by atoms with E-state index in [2.05, 4.69) is 5.32 Å². The van der Waals surface area contributed by atoms with Crippen molar-refractivity contribution in [1.29, 1.82) is 0 Å². The number of para-hydroxylation sites is 1. The third-order valence-corrected chi connectivity index (χ3v) is 2.63. The van der Waals surface area contributed by atoms with Crippen LogP contribution in [-0.4, -0.2) is 27.9 Å². The summed E-state index contributed by atoms with van der Waals surface area (Å²) in [5, 5.41) is 22.5. The fraction of sp³-hybridized carbons (Fsp3) is 0.300. The molecule has 1 aromatic rings. The number of phenolic OH excluding ortho intramolecular Hbond substituents is 1. The molecule has 0 heterocycles. The molecule has 92 valence electrons. The van der Waals surface area contributed by atoms with Crippen LogP contribution in [0, 0.1) is 10.1 Å². The third kappa shape index (κ3) is 3.63. The lowest BCUT2D eigenvalue weighted by Crippen LogP contribution is -2.13. The Balaban J connectivity index is 2.89. The smallest absolute Gasteiger partial charge is 0.296 e. The Morgan fingerprint density at radius 3 is 2.88 bits per heavy atom. The number of amides is 1. The summed E-state index contributed by atoms with van der Waals surface area (Å²) in [7, 11) is 0. The normalized spacial score (nSPS) is 9.94. The van der Waals surface area contributed by atoms with Crippen LogP contribution in [0.25, 0.3) is 0 Å². The Morgan fingerprint density at radius 2 is 2.29 bits per heavy atom. The first-order valence-electron chi connectivity index (χ1n) is 4.81. The quantitative estimate of drug-likeness (QED) is 0.477. The molecule has 0 aliphatic carbocycles. The van der Waals surface area contributed by atoms with Gasteiger partial charge in [0.2, 0.25) is 5.91 Å². The fourth-order valence-corrected chi connectivity index (χ4v) is 1.59. The minimum Gasteiger partial charge on any atom is -0.505 e. The zero-order chi connectivity index (χ0) is 12.8. The minimum absolute atomic E-state index is 0.149. The van der Waals surface area contributed by atoms with Crippen molar-refractivity contribution >= 4 is 29.0 Å². The molecule has 0 unspecified atom stereocenters. The van der Waals surface area contributed by atoms with Crippen LogP contribution in [0.4, 0.5) is 11.4 Å². The topological polar surface area (TPSA) is 92.5 Å². The molecule has 0 radical (unpaired) electrons. The fourth-order valence-electron chi connectivity index (χ4n) is 1.21. The molecule has 7 heteroatoms. The molecule has 0 fully saturated rings. The number of phenols is 1. The summed E-state index contributed by atoms with van der Waals surface area (Å²) in [6.07, 6.45) is 2.10. The van der Waals surface area contributed by atoms with Gasteiger partial charge in [-0.2, -0.15) is 11.8 Å². The number of anilines is 1. The van der Waals surface area contributed by atoms with Gasteiger partial charge in [0.05, 0.1) is 4.92 Å². The van der Waals surface area contributed by atoms with Crippen LogP contribution in [0.3, 0.4) is 0 Å². The van der Waals surface area contributed by atoms with Gasteiger partial charge in [-0.25, -0.2) is 0 Å². The number of thioether (sulfide) groups is 1. The summed E-state index contributed by atoms with van der Waals surface area (Å²) < 4.78 is 0. The molecule has 1 amide bonds. The summed E-state index contributed by atoms with van der Waals surface area (Å²) in [6.45, 7) is 0. The molecule has 0 bridgehead atoms. The maximum Gasteiger partial charge on any atom is 0.296 e. The van der Waals surface area contributed by atoms with E-state index in [1.165, 1.54) is 30.0 Å². The lowest BCUT2D eigenvalue weighted by molar-refractivity contribution is -0.384. The zero-order valence-corrected chi connectivity index (χ0v) is 9.99. The number of nitro groups is 1. The van der Waals surface area contributed by atoms with Crippen molar-refractivity contribution < 1.29 is 14.8 Å². The summed E-state index contributed by atoms with van der Waals surface area (Å²) in [6, 6.07) is 3.87. The van der Waals surface area contributed by atoms with Crippen LogP contribution < -0.4 is 5.32 Å². The van der Waals surface area contributed by atoms with Gasteiger partial charge in [0.15, 0.2) is 5.69 Å². The van der Waals surface area contributed by atoms with E-state index in [4.69, 9.17) is 0 Å². The van der Waals surface area contributed by atoms with Gasteiger partial charge in [-0.15, -0.1) is 0 Å². The van der Waals surface area contributed by atoms with Gasteiger partial charge in [-0.05, 0) is 12.3 Å². The van der Waals surface area contributed by atoms with E-state index in [9.17, 15) is 20.0 Å². The highest BCUT2D eigenvalue weighted by Crippen LogP contribution is 2.33. The summed E-state index contributed by atoms with van der Waals surface area (Å²) in [5.74, 6) is -0.0478. The lowest BCUT2D eigenvalue weighted by Gasteiger charge is -2.07. The highest BCUT2D eigenvalue weighted by Gasteiger charge is 2.18. The van der Waals surface area contributed by atoms with Crippen molar-refractivity contribution in [2.75, 3.05) is 17.3 Å². The second-order valence-corrected chi connectivity index (χ2v) is 4.20. The first-order chi connectivity index (χ1) is 8.06. The van der Waals surface area contributed by atoms with Crippen molar-refractivity contribution in [3.05, 3.63) is 28.3 Å². The molecule has 0 saturated carbocycles. The monoisotopic (exact) mass is 256 g/mol. The summed E-state index contributed by atoms with van der Waals surface area (Å²) >= 11 is 1.50. The Kier molecular flexibility index (Phi) is 4.77. The first-order valence-corrected chi connectivity index (χ1v) is 6.20. The van der Waals surface area contributed by atoms with Gasteiger partial charge >= 0.3 is 0 Å². The van der Waals surface area contributed by atoms with E-state index in [0.717, 1.165) is 0 Å². The number of nitrogens with one attached hydrogen (secondary N) is 1. The molecular weight excluding hydrogens is 244 g/mol. The van der Waals surface area contributed by atoms with E-state index < -0.39 is 4.92 Å². The number of hydrogen-bond acceptors (Lipinski definition) is 5. The zero-order valence-electron chi connectivity index (χ0n) is 9.17. The van der Waals surface area contributed by atoms with E-state index in [1.807, 2.05) is 6.26 Å². The highest BCUT2D eigenvalue weighted by molar-refractivity contribution is 7.98. The predicted molar refractivity (Wildman–Crippen MR) is 66.4 cm³/mol. The Morgan fingerprint density at radius 1 is 1.59 bits per heavy atom. The molecule has 0 atom stereocenters. The number of hydrogen-bond donors (Lipinski definition) is 2. The maximum atomic E-state index is 11.4. The van der Waals surface area contributed by atoms with Gasteiger partial charge in [0.1, 0.15) is 5.75 Å². The SMILES string of the molecule is CSCCC(=O)Nc1c(O)cccc1[N+](=O)[O-]. The third-order valence-electron chi connectivity index (χ3n) is 2.01. The highest BCUT2D eigenvalue weighted by atomic mass is 32.2. The number of nitrogens with zero attached hydrogens (tertiary/aromatic N) is 1. The Labute approximate surface area is 102 Å². The van der Waals surface area contributed by atoms with E-state index >= 15 is 0 Å². The lowest BCUT2D eigenvalue weighted by atomic mass is 10.2. The largest absolute Gasteiger partial charge is 0.505 e.